The first kappa shape index (κ1) is 38.2. The minimum atomic E-state index is -2.92. The topological polar surface area (TPSA) is 69.2 Å². The van der Waals surface area contributed by atoms with Gasteiger partial charge < -0.3 is 15.1 Å². The molecule has 9 heavy (non-hydrogen) atoms. The molecular formula is H4B2Na4O3. The van der Waals surface area contributed by atoms with Crippen LogP contribution in [-0.4, -0.2) is 15.7 Å². The summed E-state index contributed by atoms with van der Waals surface area (Å²) in [7, 11) is -2.92. The van der Waals surface area contributed by atoms with Crippen molar-refractivity contribution >= 4 is 15.7 Å². The van der Waals surface area contributed by atoms with Gasteiger partial charge in [0.05, 0.1) is 0 Å². The maximum Gasteiger partial charge on any atom is 1.00 e. The molecule has 0 N–H and O–H groups in total. The van der Waals surface area contributed by atoms with Crippen molar-refractivity contribution in [2.75, 3.05) is 0 Å². The third-order valence-corrected chi connectivity index (χ3v) is 0. The quantitative estimate of drug-likeness (QED) is 0.335. The largest absolute Gasteiger partial charge is 1.00 e. The fraction of sp³-hybridized carbons (Fsp3) is 0. The second kappa shape index (κ2) is 29.6. The van der Waals surface area contributed by atoms with Crippen molar-refractivity contribution in [2.45, 2.75) is 0 Å². The monoisotopic (exact) mass is 166 g/mol. The Bertz CT molecular complexity index is 18.5. The van der Waals surface area contributed by atoms with Crippen LogP contribution >= 0.6 is 0 Å². The molecule has 0 aromatic heterocycles. The van der Waals surface area contributed by atoms with E-state index in [0.717, 1.165) is 0 Å². The Morgan fingerprint density at radius 2 is 0.667 bits per heavy atom. The van der Waals surface area contributed by atoms with Crippen LogP contribution in [0.5, 0.6) is 0 Å². The number of hydrogen-bond acceptors (Lipinski definition) is 3. The van der Waals surface area contributed by atoms with Gasteiger partial charge in [0.2, 0.25) is 0 Å². The van der Waals surface area contributed by atoms with Gasteiger partial charge in [0, 0.05) is 0 Å². The Morgan fingerprint density at radius 1 is 0.667 bits per heavy atom. The predicted octanol–water partition coefficient (Wildman–Crippen LogP) is -17.4. The summed E-state index contributed by atoms with van der Waals surface area (Å²) in [6.07, 6.45) is 0. The summed E-state index contributed by atoms with van der Waals surface area (Å²) in [6, 6.07) is 0. The zero-order valence-corrected chi connectivity index (χ0v) is 13.8. The first-order valence-electron chi connectivity index (χ1n) is 0.707. The van der Waals surface area contributed by atoms with Crippen LogP contribution in [0.2, 0.25) is 0 Å². The average molecular weight is 166 g/mol. The van der Waals surface area contributed by atoms with Crippen LogP contribution in [0.1, 0.15) is 0 Å². The minimum Gasteiger partial charge on any atom is -0.907 e. The van der Waals surface area contributed by atoms with E-state index in [4.69, 9.17) is 15.1 Å². The van der Waals surface area contributed by atoms with Gasteiger partial charge in [0.1, 0.15) is 0 Å². The molecule has 0 aliphatic carbocycles. The standard InChI is InChI=1S/BO3.BH4.4Na/c2-1(3)4;;;;;/h;1H4;;;;/q-3;-1;4*+1. The van der Waals surface area contributed by atoms with E-state index in [1.165, 1.54) is 0 Å². The van der Waals surface area contributed by atoms with Crippen molar-refractivity contribution in [3.05, 3.63) is 0 Å². The van der Waals surface area contributed by atoms with Crippen LogP contribution in [0.4, 0.5) is 0 Å². The summed E-state index contributed by atoms with van der Waals surface area (Å²) in [5.74, 6) is 0. The number of rotatable bonds is 0. The third-order valence-electron chi connectivity index (χ3n) is 0. The van der Waals surface area contributed by atoms with Crippen LogP contribution in [-0.2, 0) is 0 Å². The molecule has 0 saturated heterocycles. The average Bonchev–Trinajstić information content (AvgIpc) is 0.811. The van der Waals surface area contributed by atoms with E-state index >= 15 is 0 Å². The van der Waals surface area contributed by atoms with Crippen LogP contribution in [0.3, 0.4) is 0 Å². The summed E-state index contributed by atoms with van der Waals surface area (Å²) in [5, 5.41) is 25.2. The summed E-state index contributed by atoms with van der Waals surface area (Å²) >= 11 is 0. The second-order valence-corrected chi connectivity index (χ2v) is 0.289. The molecule has 0 fully saturated rings. The Balaban J connectivity index is -0.00000000450. The molecule has 0 unspecified atom stereocenters. The smallest absolute Gasteiger partial charge is 0.907 e. The SMILES string of the molecule is [BH4-].[Na+].[Na+].[Na+].[Na+].[O-]B([O-])[O-]. The van der Waals surface area contributed by atoms with E-state index in [-0.39, 0.29) is 127 Å². The molecule has 0 heterocycles. The van der Waals surface area contributed by atoms with E-state index in [1.54, 1.807) is 0 Å². The van der Waals surface area contributed by atoms with Gasteiger partial charge in [-0.2, -0.15) is 0 Å². The van der Waals surface area contributed by atoms with Gasteiger partial charge in [-0.3, -0.25) is 7.32 Å². The Hall–Kier alpha value is 4.01. The van der Waals surface area contributed by atoms with Gasteiger partial charge >= 0.3 is 118 Å². The van der Waals surface area contributed by atoms with Gasteiger partial charge in [-0.1, -0.05) is 8.41 Å². The van der Waals surface area contributed by atoms with Crippen molar-refractivity contribution in [3.8, 4) is 0 Å². The maximum atomic E-state index is 8.42. The van der Waals surface area contributed by atoms with Gasteiger partial charge in [-0.25, -0.2) is 0 Å². The van der Waals surface area contributed by atoms with Gasteiger partial charge in [0.15, 0.2) is 0 Å². The van der Waals surface area contributed by atoms with Gasteiger partial charge in [0.25, 0.3) is 0 Å². The van der Waals surface area contributed by atoms with Crippen molar-refractivity contribution in [2.24, 2.45) is 0 Å². The maximum absolute atomic E-state index is 8.42. The second-order valence-electron chi connectivity index (χ2n) is 0.289. The van der Waals surface area contributed by atoms with Crippen molar-refractivity contribution in [1.82, 2.24) is 0 Å². The molecule has 9 heteroatoms. The Kier molecular flexibility index (Phi) is 126. The molecule has 0 spiro atoms. The van der Waals surface area contributed by atoms with E-state index in [0.29, 0.717) is 0 Å². The summed E-state index contributed by atoms with van der Waals surface area (Å²) in [6.45, 7) is 0. The molecule has 0 saturated carbocycles. The molecule has 0 rings (SSSR count). The fourth-order valence-corrected chi connectivity index (χ4v) is 0. The van der Waals surface area contributed by atoms with Crippen molar-refractivity contribution < 1.29 is 133 Å². The third kappa shape index (κ3) is 74.8. The predicted molar refractivity (Wildman–Crippen MR) is 17.1 cm³/mol. The first-order chi connectivity index (χ1) is 1.73. The van der Waals surface area contributed by atoms with E-state index in [9.17, 15) is 0 Å². The molecule has 0 amide bonds. The molecule has 0 aliphatic rings. The van der Waals surface area contributed by atoms with E-state index in [1.807, 2.05) is 0 Å². The summed E-state index contributed by atoms with van der Waals surface area (Å²) in [5.41, 5.74) is 0. The van der Waals surface area contributed by atoms with Crippen LogP contribution in [0, 0.1) is 0 Å². The minimum absolute atomic E-state index is 0. The molecular weight excluding hydrogens is 162 g/mol. The van der Waals surface area contributed by atoms with Gasteiger partial charge in [-0.15, -0.1) is 0 Å². The first-order valence-corrected chi connectivity index (χ1v) is 0.707. The van der Waals surface area contributed by atoms with Gasteiger partial charge in [-0.05, 0) is 0 Å². The molecule has 0 bridgehead atoms. The van der Waals surface area contributed by atoms with Crippen LogP contribution < -0.4 is 133 Å². The molecule has 0 aromatic rings. The Labute approximate surface area is 146 Å². The molecule has 3 nitrogen and oxygen atoms in total. The van der Waals surface area contributed by atoms with Crippen molar-refractivity contribution in [3.63, 3.8) is 0 Å². The van der Waals surface area contributed by atoms with Crippen molar-refractivity contribution in [1.29, 1.82) is 0 Å². The zero-order chi connectivity index (χ0) is 3.58. The zero-order valence-electron chi connectivity index (χ0n) is 5.80. The van der Waals surface area contributed by atoms with Crippen LogP contribution in [0.15, 0.2) is 0 Å². The number of hydrogen-bond donors (Lipinski definition) is 0. The normalized spacial score (nSPS) is 3.00. The molecule has 0 aromatic carbocycles. The molecule has 0 radical (unpaired) electrons. The van der Waals surface area contributed by atoms with E-state index < -0.39 is 7.32 Å². The Morgan fingerprint density at radius 3 is 0.667 bits per heavy atom. The molecule has 0 aliphatic heterocycles. The van der Waals surface area contributed by atoms with E-state index in [2.05, 4.69) is 0 Å². The fourth-order valence-electron chi connectivity index (χ4n) is 0. The summed E-state index contributed by atoms with van der Waals surface area (Å²) < 4.78 is 0. The molecule has 0 atom stereocenters. The molecule has 32 valence electrons. The van der Waals surface area contributed by atoms with Crippen LogP contribution in [0.25, 0.3) is 0 Å². The summed E-state index contributed by atoms with van der Waals surface area (Å²) in [4.78, 5) is 0.